The Morgan fingerprint density at radius 2 is 2.29 bits per heavy atom. The minimum atomic E-state index is -0.205. The summed E-state index contributed by atoms with van der Waals surface area (Å²) in [6, 6.07) is 6.26. The molecule has 0 bridgehead atoms. The van der Waals surface area contributed by atoms with Gasteiger partial charge >= 0.3 is 0 Å². The molecule has 3 N–H and O–H groups in total. The largest absolute Gasteiger partial charge is 0.391 e. The number of β-amino-alcohol motifs (C(OH)–C–C–N with tert-alkyl or cyclic N) is 1. The quantitative estimate of drug-likeness (QED) is 0.882. The molecule has 0 saturated carbocycles. The molecule has 0 radical (unpaired) electrons. The van der Waals surface area contributed by atoms with Gasteiger partial charge in [-0.2, -0.15) is 0 Å². The molecule has 1 fully saturated rings. The molecule has 4 heteroatoms. The van der Waals surface area contributed by atoms with Crippen LogP contribution in [0.2, 0.25) is 0 Å². The summed E-state index contributed by atoms with van der Waals surface area (Å²) in [5.41, 5.74) is 8.13. The van der Waals surface area contributed by atoms with Crippen LogP contribution in [0.15, 0.2) is 22.7 Å². The van der Waals surface area contributed by atoms with Gasteiger partial charge < -0.3 is 15.7 Å². The van der Waals surface area contributed by atoms with E-state index >= 15 is 0 Å². The lowest BCUT2D eigenvalue weighted by Gasteiger charge is -2.32. The van der Waals surface area contributed by atoms with Gasteiger partial charge in [0.05, 0.1) is 11.8 Å². The van der Waals surface area contributed by atoms with E-state index in [0.717, 1.165) is 41.7 Å². The predicted octanol–water partition coefficient (Wildman–Crippen LogP) is 2.43. The Balaban J connectivity index is 2.21. The Hall–Kier alpha value is -0.580. The van der Waals surface area contributed by atoms with Gasteiger partial charge in [0.15, 0.2) is 0 Å². The van der Waals surface area contributed by atoms with Crippen molar-refractivity contribution in [1.29, 1.82) is 0 Å². The second-order valence-corrected chi connectivity index (χ2v) is 5.60. The summed E-state index contributed by atoms with van der Waals surface area (Å²) in [6.07, 6.45) is 1.75. The maximum Gasteiger partial charge on any atom is 0.0715 e. The van der Waals surface area contributed by atoms with E-state index in [2.05, 4.69) is 39.0 Å². The second kappa shape index (κ2) is 5.38. The highest BCUT2D eigenvalue weighted by Crippen LogP contribution is 2.30. The highest BCUT2D eigenvalue weighted by Gasteiger charge is 2.19. The number of piperidine rings is 1. The first-order chi connectivity index (χ1) is 8.08. The van der Waals surface area contributed by atoms with Gasteiger partial charge in [-0.3, -0.25) is 0 Å². The lowest BCUT2D eigenvalue weighted by Crippen LogP contribution is -2.38. The number of rotatable bonds is 2. The molecule has 1 aliphatic rings. The number of hydrogen-bond donors (Lipinski definition) is 2. The molecular formula is C13H19BrN2O. The molecule has 94 valence electrons. The summed E-state index contributed by atoms with van der Waals surface area (Å²) in [6.45, 7) is 3.70. The van der Waals surface area contributed by atoms with Crippen molar-refractivity contribution in [2.24, 2.45) is 5.73 Å². The van der Waals surface area contributed by atoms with Crippen LogP contribution in [0.25, 0.3) is 0 Å². The smallest absolute Gasteiger partial charge is 0.0715 e. The van der Waals surface area contributed by atoms with Crippen LogP contribution in [0.5, 0.6) is 0 Å². The molecule has 1 aliphatic heterocycles. The highest BCUT2D eigenvalue weighted by molar-refractivity contribution is 9.10. The van der Waals surface area contributed by atoms with Gasteiger partial charge in [-0.05, 0) is 53.4 Å². The molecule has 1 unspecified atom stereocenters. The van der Waals surface area contributed by atoms with Crippen LogP contribution < -0.4 is 10.6 Å². The van der Waals surface area contributed by atoms with Crippen LogP contribution in [-0.2, 0) is 0 Å². The fourth-order valence-corrected chi connectivity index (χ4v) is 2.88. The Morgan fingerprint density at radius 3 is 2.88 bits per heavy atom. The molecule has 1 saturated heterocycles. The Labute approximate surface area is 111 Å². The molecule has 0 spiro atoms. The molecule has 2 rings (SSSR count). The Bertz CT molecular complexity index is 395. The molecule has 3 nitrogen and oxygen atoms in total. The normalized spacial score (nSPS) is 22.6. The summed E-state index contributed by atoms with van der Waals surface area (Å²) in [5.74, 6) is 0. The molecule has 1 heterocycles. The van der Waals surface area contributed by atoms with E-state index in [0.29, 0.717) is 0 Å². The van der Waals surface area contributed by atoms with Crippen LogP contribution in [0.4, 0.5) is 5.69 Å². The van der Waals surface area contributed by atoms with Crippen molar-refractivity contribution in [1.82, 2.24) is 0 Å². The summed E-state index contributed by atoms with van der Waals surface area (Å²) >= 11 is 3.59. The van der Waals surface area contributed by atoms with Crippen molar-refractivity contribution in [2.75, 3.05) is 18.0 Å². The zero-order chi connectivity index (χ0) is 12.4. The van der Waals surface area contributed by atoms with E-state index in [9.17, 15) is 5.11 Å². The minimum Gasteiger partial charge on any atom is -0.391 e. The fourth-order valence-electron chi connectivity index (χ4n) is 2.24. The predicted molar refractivity (Wildman–Crippen MR) is 74.2 cm³/mol. The average Bonchev–Trinajstić information content (AvgIpc) is 2.28. The molecule has 2 atom stereocenters. The number of anilines is 1. The number of aliphatic hydroxyl groups is 1. The fraction of sp³-hybridized carbons (Fsp3) is 0.538. The summed E-state index contributed by atoms with van der Waals surface area (Å²) in [7, 11) is 0. The van der Waals surface area contributed by atoms with Gasteiger partial charge in [0.2, 0.25) is 0 Å². The monoisotopic (exact) mass is 298 g/mol. The molecule has 1 aromatic rings. The van der Waals surface area contributed by atoms with Crippen molar-refractivity contribution in [3.8, 4) is 0 Å². The zero-order valence-corrected chi connectivity index (χ0v) is 11.7. The highest BCUT2D eigenvalue weighted by atomic mass is 79.9. The number of hydrogen-bond acceptors (Lipinski definition) is 3. The van der Waals surface area contributed by atoms with E-state index in [1.54, 1.807) is 0 Å². The lowest BCUT2D eigenvalue weighted by atomic mass is 10.1. The standard InChI is InChI=1S/C13H19BrN2O/c1-9(15)10-4-5-13(12(14)7-10)16-6-2-3-11(17)8-16/h4-5,7,9,11,17H,2-3,6,8,15H2,1H3/t9-,11?/m1/s1. The zero-order valence-electron chi connectivity index (χ0n) is 10.1. The van der Waals surface area contributed by atoms with Crippen molar-refractivity contribution in [3.05, 3.63) is 28.2 Å². The first-order valence-electron chi connectivity index (χ1n) is 6.06. The van der Waals surface area contributed by atoms with Crippen LogP contribution in [0.1, 0.15) is 31.4 Å². The van der Waals surface area contributed by atoms with Crippen LogP contribution in [-0.4, -0.2) is 24.3 Å². The van der Waals surface area contributed by atoms with Crippen LogP contribution >= 0.6 is 15.9 Å². The van der Waals surface area contributed by atoms with Gasteiger partial charge in [0.25, 0.3) is 0 Å². The summed E-state index contributed by atoms with van der Waals surface area (Å²) in [5, 5.41) is 9.70. The first-order valence-corrected chi connectivity index (χ1v) is 6.85. The van der Waals surface area contributed by atoms with Gasteiger partial charge in [-0.25, -0.2) is 0 Å². The third-order valence-corrected chi connectivity index (χ3v) is 3.87. The molecule has 17 heavy (non-hydrogen) atoms. The third-order valence-electron chi connectivity index (χ3n) is 3.23. The molecule has 0 amide bonds. The van der Waals surface area contributed by atoms with Gasteiger partial charge in [-0.1, -0.05) is 6.07 Å². The van der Waals surface area contributed by atoms with Crippen molar-refractivity contribution < 1.29 is 5.11 Å². The molecule has 0 aromatic heterocycles. The van der Waals surface area contributed by atoms with Gasteiger partial charge in [0, 0.05) is 23.6 Å². The van der Waals surface area contributed by atoms with Crippen molar-refractivity contribution in [3.63, 3.8) is 0 Å². The lowest BCUT2D eigenvalue weighted by molar-refractivity contribution is 0.154. The molecular weight excluding hydrogens is 280 g/mol. The van der Waals surface area contributed by atoms with Crippen molar-refractivity contribution >= 4 is 21.6 Å². The van der Waals surface area contributed by atoms with E-state index in [4.69, 9.17) is 5.73 Å². The summed E-state index contributed by atoms with van der Waals surface area (Å²) in [4.78, 5) is 2.23. The minimum absolute atomic E-state index is 0.0484. The molecule has 0 aliphatic carbocycles. The number of halogens is 1. The van der Waals surface area contributed by atoms with E-state index < -0.39 is 0 Å². The second-order valence-electron chi connectivity index (χ2n) is 4.74. The number of aliphatic hydroxyl groups excluding tert-OH is 1. The van der Waals surface area contributed by atoms with Crippen LogP contribution in [0.3, 0.4) is 0 Å². The topological polar surface area (TPSA) is 49.5 Å². The van der Waals surface area contributed by atoms with Gasteiger partial charge in [-0.15, -0.1) is 0 Å². The molecule has 1 aromatic carbocycles. The van der Waals surface area contributed by atoms with E-state index in [1.807, 2.05) is 6.92 Å². The number of benzene rings is 1. The van der Waals surface area contributed by atoms with E-state index in [1.165, 1.54) is 0 Å². The van der Waals surface area contributed by atoms with Crippen LogP contribution in [0, 0.1) is 0 Å². The Morgan fingerprint density at radius 1 is 1.53 bits per heavy atom. The van der Waals surface area contributed by atoms with E-state index in [-0.39, 0.29) is 12.1 Å². The van der Waals surface area contributed by atoms with Crippen molar-refractivity contribution in [2.45, 2.75) is 31.9 Å². The number of nitrogens with zero attached hydrogens (tertiary/aromatic N) is 1. The summed E-state index contributed by atoms with van der Waals surface area (Å²) < 4.78 is 1.06. The van der Waals surface area contributed by atoms with Gasteiger partial charge in [0.1, 0.15) is 0 Å². The number of nitrogens with two attached hydrogens (primary N) is 1. The third kappa shape index (κ3) is 3.00. The maximum atomic E-state index is 9.70. The SMILES string of the molecule is C[C@@H](N)c1ccc(N2CCCC(O)C2)c(Br)c1. The first kappa shape index (κ1) is 12.9. The maximum absolute atomic E-state index is 9.70. The average molecular weight is 299 g/mol. The Kier molecular flexibility index (Phi) is 4.07.